The van der Waals surface area contributed by atoms with E-state index in [-0.39, 0.29) is 6.04 Å². The fraction of sp³-hybridized carbons (Fsp3) is 0.333. The van der Waals surface area contributed by atoms with Gasteiger partial charge in [0.2, 0.25) is 0 Å². The average Bonchev–Trinajstić information content (AvgIpc) is 2.74. The van der Waals surface area contributed by atoms with Gasteiger partial charge in [0, 0.05) is 40.8 Å². The number of hydrogen-bond acceptors (Lipinski definition) is 4. The second-order valence-corrected chi connectivity index (χ2v) is 6.01. The van der Waals surface area contributed by atoms with Crippen molar-refractivity contribution in [3.05, 3.63) is 40.6 Å². The summed E-state index contributed by atoms with van der Waals surface area (Å²) in [6.07, 6.45) is 2.66. The number of benzene rings is 1. The lowest BCUT2D eigenvalue weighted by atomic mass is 10.2. The van der Waals surface area contributed by atoms with Crippen LogP contribution in [0.25, 0.3) is 0 Å². The lowest BCUT2D eigenvalue weighted by molar-refractivity contribution is 0.704. The van der Waals surface area contributed by atoms with Crippen LogP contribution in [-0.2, 0) is 13.5 Å². The zero-order chi connectivity index (χ0) is 13.0. The first-order valence-electron chi connectivity index (χ1n) is 5.63. The molecule has 18 heavy (non-hydrogen) atoms. The van der Waals surface area contributed by atoms with Crippen LogP contribution < -0.4 is 5.73 Å². The number of nitrogens with two attached hydrogens (primary N) is 1. The summed E-state index contributed by atoms with van der Waals surface area (Å²) in [5.41, 5.74) is 7.04. The third-order valence-corrected chi connectivity index (χ3v) is 4.63. The summed E-state index contributed by atoms with van der Waals surface area (Å²) in [5, 5.41) is 7.94. The maximum Gasteiger partial charge on any atom is 0.0842 e. The van der Waals surface area contributed by atoms with Gasteiger partial charge >= 0.3 is 0 Å². The third-order valence-electron chi connectivity index (χ3n) is 2.41. The normalized spacial score (nSPS) is 12.6. The average molecular weight is 327 g/mol. The molecule has 0 bridgehead atoms. The molecule has 1 unspecified atom stereocenters. The van der Waals surface area contributed by atoms with E-state index in [2.05, 4.69) is 32.3 Å². The Balaban J connectivity index is 1.85. The third kappa shape index (κ3) is 3.83. The fourth-order valence-corrected chi connectivity index (χ4v) is 3.10. The lowest BCUT2D eigenvalue weighted by Gasteiger charge is -2.10. The zero-order valence-corrected chi connectivity index (χ0v) is 12.5. The predicted octanol–water partition coefficient (Wildman–Crippen LogP) is 2.24. The minimum Gasteiger partial charge on any atom is -0.327 e. The highest BCUT2D eigenvalue weighted by Crippen LogP contribution is 2.27. The molecule has 2 aromatic rings. The summed E-state index contributed by atoms with van der Waals surface area (Å²) < 4.78 is 2.81. The van der Waals surface area contributed by atoms with Crippen LogP contribution >= 0.6 is 27.7 Å². The van der Waals surface area contributed by atoms with E-state index < -0.39 is 0 Å². The smallest absolute Gasteiger partial charge is 0.0842 e. The maximum atomic E-state index is 6.10. The molecule has 0 aliphatic rings. The standard InChI is InChI=1S/C12H15BrN4S/c1-17-7-10(15-16-17)6-9(14)8-18-12-5-3-2-4-11(12)13/h2-5,7,9H,6,8,14H2,1H3. The Hall–Kier alpha value is -0.850. The monoisotopic (exact) mass is 326 g/mol. The Morgan fingerprint density at radius 1 is 1.44 bits per heavy atom. The van der Waals surface area contributed by atoms with E-state index >= 15 is 0 Å². The van der Waals surface area contributed by atoms with E-state index in [1.54, 1.807) is 16.4 Å². The molecule has 0 aliphatic heterocycles. The number of halogens is 1. The summed E-state index contributed by atoms with van der Waals surface area (Å²) >= 11 is 5.28. The second kappa shape index (κ2) is 6.36. The van der Waals surface area contributed by atoms with Crippen LogP contribution in [0.5, 0.6) is 0 Å². The van der Waals surface area contributed by atoms with Crippen LogP contribution in [0.15, 0.2) is 39.8 Å². The Morgan fingerprint density at radius 3 is 2.89 bits per heavy atom. The quantitative estimate of drug-likeness (QED) is 0.856. The van der Waals surface area contributed by atoms with Crippen LogP contribution in [-0.4, -0.2) is 26.8 Å². The van der Waals surface area contributed by atoms with Crippen molar-refractivity contribution in [2.75, 3.05) is 5.75 Å². The largest absolute Gasteiger partial charge is 0.327 e. The molecule has 6 heteroatoms. The van der Waals surface area contributed by atoms with Gasteiger partial charge in [0.05, 0.1) is 5.69 Å². The molecule has 0 saturated heterocycles. The molecule has 0 spiro atoms. The first-order chi connectivity index (χ1) is 8.65. The highest BCUT2D eigenvalue weighted by Gasteiger charge is 2.08. The Morgan fingerprint density at radius 2 is 2.22 bits per heavy atom. The molecule has 2 N–H and O–H groups in total. The van der Waals surface area contributed by atoms with E-state index in [4.69, 9.17) is 5.73 Å². The number of hydrogen-bond donors (Lipinski definition) is 1. The van der Waals surface area contributed by atoms with Crippen molar-refractivity contribution in [1.82, 2.24) is 15.0 Å². The van der Waals surface area contributed by atoms with Crippen molar-refractivity contribution in [2.45, 2.75) is 17.4 Å². The van der Waals surface area contributed by atoms with Crippen LogP contribution in [0.3, 0.4) is 0 Å². The molecule has 0 fully saturated rings. The minimum atomic E-state index is 0.0822. The number of rotatable bonds is 5. The van der Waals surface area contributed by atoms with Gasteiger partial charge in [-0.05, 0) is 28.1 Å². The molecular formula is C12H15BrN4S. The molecule has 96 valence electrons. The van der Waals surface area contributed by atoms with Crippen molar-refractivity contribution < 1.29 is 0 Å². The summed E-state index contributed by atoms with van der Waals surface area (Å²) in [6.45, 7) is 0. The molecule has 1 aromatic heterocycles. The van der Waals surface area contributed by atoms with Gasteiger partial charge in [-0.15, -0.1) is 16.9 Å². The number of aryl methyl sites for hydroxylation is 1. The van der Waals surface area contributed by atoms with E-state index in [0.29, 0.717) is 0 Å². The van der Waals surface area contributed by atoms with Crippen molar-refractivity contribution in [1.29, 1.82) is 0 Å². The topological polar surface area (TPSA) is 56.7 Å². The molecular weight excluding hydrogens is 312 g/mol. The van der Waals surface area contributed by atoms with Crippen LogP contribution in [0, 0.1) is 0 Å². The van der Waals surface area contributed by atoms with Gasteiger partial charge in [-0.3, -0.25) is 4.68 Å². The fourth-order valence-electron chi connectivity index (χ4n) is 1.57. The molecule has 0 saturated carbocycles. The van der Waals surface area contributed by atoms with Gasteiger partial charge < -0.3 is 5.73 Å². The van der Waals surface area contributed by atoms with Gasteiger partial charge in [0.1, 0.15) is 0 Å². The SMILES string of the molecule is Cn1cc(CC(N)CSc2ccccc2Br)nn1. The highest BCUT2D eigenvalue weighted by atomic mass is 79.9. The summed E-state index contributed by atoms with van der Waals surface area (Å²) in [6, 6.07) is 8.24. The Kier molecular flexibility index (Phi) is 4.79. The van der Waals surface area contributed by atoms with Crippen molar-refractivity contribution >= 4 is 27.7 Å². The maximum absolute atomic E-state index is 6.10. The van der Waals surface area contributed by atoms with Crippen molar-refractivity contribution in [2.24, 2.45) is 12.8 Å². The Labute approximate surface area is 119 Å². The van der Waals surface area contributed by atoms with Crippen molar-refractivity contribution in [3.8, 4) is 0 Å². The Bertz CT molecular complexity index is 514. The molecule has 1 heterocycles. The highest BCUT2D eigenvalue weighted by molar-refractivity contribution is 9.10. The molecule has 1 aromatic carbocycles. The van der Waals surface area contributed by atoms with Gasteiger partial charge in [0.25, 0.3) is 0 Å². The van der Waals surface area contributed by atoms with Gasteiger partial charge in [-0.2, -0.15) is 0 Å². The molecule has 2 rings (SSSR count). The summed E-state index contributed by atoms with van der Waals surface area (Å²) in [7, 11) is 1.86. The number of nitrogens with zero attached hydrogens (tertiary/aromatic N) is 3. The van der Waals surface area contributed by atoms with Crippen molar-refractivity contribution in [3.63, 3.8) is 0 Å². The second-order valence-electron chi connectivity index (χ2n) is 4.09. The molecule has 0 radical (unpaired) electrons. The zero-order valence-electron chi connectivity index (χ0n) is 10.1. The molecule has 4 nitrogen and oxygen atoms in total. The molecule has 0 aliphatic carbocycles. The van der Waals surface area contributed by atoms with Gasteiger partial charge in [0.15, 0.2) is 0 Å². The van der Waals surface area contributed by atoms with Crippen LogP contribution in [0.2, 0.25) is 0 Å². The number of aromatic nitrogens is 3. The summed E-state index contributed by atoms with van der Waals surface area (Å²) in [5.74, 6) is 0.860. The predicted molar refractivity (Wildman–Crippen MR) is 77.5 cm³/mol. The van der Waals surface area contributed by atoms with E-state index in [0.717, 1.165) is 22.3 Å². The molecule has 1 atom stereocenters. The first kappa shape index (κ1) is 13.6. The van der Waals surface area contributed by atoms with Crippen LogP contribution in [0.1, 0.15) is 5.69 Å². The van der Waals surface area contributed by atoms with E-state index in [1.807, 2.05) is 31.4 Å². The van der Waals surface area contributed by atoms with Gasteiger partial charge in [-0.25, -0.2) is 0 Å². The van der Waals surface area contributed by atoms with Crippen LogP contribution in [0.4, 0.5) is 0 Å². The molecule has 0 amide bonds. The first-order valence-corrected chi connectivity index (χ1v) is 7.41. The van der Waals surface area contributed by atoms with E-state index in [1.165, 1.54) is 4.90 Å². The van der Waals surface area contributed by atoms with Gasteiger partial charge in [-0.1, -0.05) is 17.3 Å². The number of thioether (sulfide) groups is 1. The lowest BCUT2D eigenvalue weighted by Crippen LogP contribution is -2.25. The summed E-state index contributed by atoms with van der Waals surface area (Å²) in [4.78, 5) is 1.21. The van der Waals surface area contributed by atoms with E-state index in [9.17, 15) is 0 Å². The minimum absolute atomic E-state index is 0.0822.